The molecule has 1 aliphatic rings. The smallest absolute Gasteiger partial charge is 0.309 e. The third-order valence-electron chi connectivity index (χ3n) is 2.81. The maximum absolute atomic E-state index is 11.6. The Labute approximate surface area is 111 Å². The minimum absolute atomic E-state index is 0.0311. The quantitative estimate of drug-likeness (QED) is 0.411. The third kappa shape index (κ3) is 4.94. The first-order valence-electron chi connectivity index (χ1n) is 6.19. The van der Waals surface area contributed by atoms with Gasteiger partial charge in [-0.3, -0.25) is 4.79 Å². The molecule has 0 heterocycles. The second-order valence-corrected chi connectivity index (χ2v) is 5.22. The zero-order valence-corrected chi connectivity index (χ0v) is 12.1. The Bertz CT molecular complexity index is 235. The molecule has 0 bridgehead atoms. The molecule has 17 heavy (non-hydrogen) atoms. The molecule has 0 aromatic carbocycles. The highest BCUT2D eigenvalue weighted by atomic mass is 79.9. The fraction of sp³-hybridized carbons (Fsp3) is 0.917. The van der Waals surface area contributed by atoms with Crippen LogP contribution < -0.4 is 0 Å². The molecule has 5 heteroatoms. The molecule has 0 saturated heterocycles. The molecule has 0 aromatic rings. The Hall–Kier alpha value is -0.130. The van der Waals surface area contributed by atoms with Crippen molar-refractivity contribution in [1.29, 1.82) is 0 Å². The van der Waals surface area contributed by atoms with E-state index in [0.29, 0.717) is 26.4 Å². The van der Waals surface area contributed by atoms with E-state index >= 15 is 0 Å². The van der Waals surface area contributed by atoms with Crippen LogP contribution in [0.3, 0.4) is 0 Å². The maximum atomic E-state index is 11.6. The monoisotopic (exact) mass is 308 g/mol. The number of alkyl halides is 1. The van der Waals surface area contributed by atoms with Gasteiger partial charge in [0.25, 0.3) is 0 Å². The molecule has 1 rings (SSSR count). The lowest BCUT2D eigenvalue weighted by Gasteiger charge is -2.14. The van der Waals surface area contributed by atoms with Gasteiger partial charge in [0.15, 0.2) is 0 Å². The molecule has 1 aliphatic carbocycles. The molecule has 4 nitrogen and oxygen atoms in total. The standard InChI is InChI=1S/C12H21BrO4/c1-3-15-5-6-17-11-8-9(7-10(11)13)12(14)16-4-2/h9-11H,3-8H2,1-2H3. The van der Waals surface area contributed by atoms with Gasteiger partial charge in [-0.15, -0.1) is 0 Å². The predicted octanol–water partition coefficient (Wildman–Crippen LogP) is 2.14. The largest absolute Gasteiger partial charge is 0.466 e. The number of hydrogen-bond donors (Lipinski definition) is 0. The van der Waals surface area contributed by atoms with Crippen LogP contribution in [0.15, 0.2) is 0 Å². The first-order chi connectivity index (χ1) is 8.19. The van der Waals surface area contributed by atoms with Crippen molar-refractivity contribution in [3.8, 4) is 0 Å². The van der Waals surface area contributed by atoms with E-state index in [2.05, 4.69) is 15.9 Å². The average Bonchev–Trinajstić information content (AvgIpc) is 2.67. The molecule has 0 aliphatic heterocycles. The normalized spacial score (nSPS) is 28.3. The van der Waals surface area contributed by atoms with Crippen molar-refractivity contribution >= 4 is 21.9 Å². The summed E-state index contributed by atoms with van der Waals surface area (Å²) < 4.78 is 15.9. The van der Waals surface area contributed by atoms with Crippen molar-refractivity contribution in [2.24, 2.45) is 5.92 Å². The summed E-state index contributed by atoms with van der Waals surface area (Å²) in [5, 5.41) is 0. The number of hydrogen-bond acceptors (Lipinski definition) is 4. The van der Waals surface area contributed by atoms with E-state index in [9.17, 15) is 4.79 Å². The molecular formula is C12H21BrO4. The van der Waals surface area contributed by atoms with Gasteiger partial charge in [0.2, 0.25) is 0 Å². The van der Waals surface area contributed by atoms with Crippen molar-refractivity contribution in [2.75, 3.05) is 26.4 Å². The fourth-order valence-corrected chi connectivity index (χ4v) is 2.80. The van der Waals surface area contributed by atoms with Crippen LogP contribution in [-0.2, 0) is 19.0 Å². The van der Waals surface area contributed by atoms with Crippen LogP contribution in [0.4, 0.5) is 0 Å². The first kappa shape index (κ1) is 14.9. The zero-order valence-electron chi connectivity index (χ0n) is 10.5. The molecule has 100 valence electrons. The van der Waals surface area contributed by atoms with Gasteiger partial charge < -0.3 is 14.2 Å². The number of carbonyl (C=O) groups is 1. The highest BCUT2D eigenvalue weighted by Gasteiger charge is 2.37. The van der Waals surface area contributed by atoms with E-state index in [1.807, 2.05) is 13.8 Å². The number of esters is 1. The van der Waals surface area contributed by atoms with Crippen LogP contribution >= 0.6 is 15.9 Å². The van der Waals surface area contributed by atoms with Crippen LogP contribution in [0.1, 0.15) is 26.7 Å². The summed E-state index contributed by atoms with van der Waals surface area (Å²) in [6.45, 7) is 6.12. The van der Waals surface area contributed by atoms with Gasteiger partial charge in [-0.1, -0.05) is 15.9 Å². The molecule has 3 unspecified atom stereocenters. The number of ether oxygens (including phenoxy) is 3. The van der Waals surface area contributed by atoms with E-state index in [1.54, 1.807) is 0 Å². The summed E-state index contributed by atoms with van der Waals surface area (Å²) in [6.07, 6.45) is 1.61. The van der Waals surface area contributed by atoms with Gasteiger partial charge >= 0.3 is 5.97 Å². The van der Waals surface area contributed by atoms with E-state index in [-0.39, 0.29) is 22.8 Å². The van der Waals surface area contributed by atoms with Crippen molar-refractivity contribution in [3.63, 3.8) is 0 Å². The van der Waals surface area contributed by atoms with Gasteiger partial charge in [0, 0.05) is 11.4 Å². The Kier molecular flexibility index (Phi) is 7.08. The molecule has 1 saturated carbocycles. The number of rotatable bonds is 7. The second kappa shape index (κ2) is 8.06. The first-order valence-corrected chi connectivity index (χ1v) is 7.10. The highest BCUT2D eigenvalue weighted by molar-refractivity contribution is 9.09. The molecule has 3 atom stereocenters. The van der Waals surface area contributed by atoms with Crippen molar-refractivity contribution in [1.82, 2.24) is 0 Å². The lowest BCUT2D eigenvalue weighted by atomic mass is 10.1. The van der Waals surface area contributed by atoms with Crippen molar-refractivity contribution in [2.45, 2.75) is 37.6 Å². The lowest BCUT2D eigenvalue weighted by molar-refractivity contribution is -0.148. The van der Waals surface area contributed by atoms with E-state index in [4.69, 9.17) is 14.2 Å². The minimum Gasteiger partial charge on any atom is -0.466 e. The van der Waals surface area contributed by atoms with Gasteiger partial charge in [-0.2, -0.15) is 0 Å². The third-order valence-corrected chi connectivity index (χ3v) is 3.78. The SMILES string of the molecule is CCOCCOC1CC(C(=O)OCC)CC1Br. The molecule has 1 fully saturated rings. The Morgan fingerprint density at radius 1 is 1.24 bits per heavy atom. The van der Waals surface area contributed by atoms with E-state index < -0.39 is 0 Å². The Balaban J connectivity index is 2.26. The summed E-state index contributed by atoms with van der Waals surface area (Å²) in [5.74, 6) is -0.135. The van der Waals surface area contributed by atoms with Gasteiger partial charge in [0.05, 0.1) is 31.8 Å². The highest BCUT2D eigenvalue weighted by Crippen LogP contribution is 2.34. The summed E-state index contributed by atoms with van der Waals surface area (Å²) in [7, 11) is 0. The number of halogens is 1. The summed E-state index contributed by atoms with van der Waals surface area (Å²) in [6, 6.07) is 0. The number of carbonyl (C=O) groups excluding carboxylic acids is 1. The van der Waals surface area contributed by atoms with Crippen LogP contribution in [0.5, 0.6) is 0 Å². The summed E-state index contributed by atoms with van der Waals surface area (Å²) in [5.41, 5.74) is 0. The fourth-order valence-electron chi connectivity index (χ4n) is 1.98. The Morgan fingerprint density at radius 2 is 2.00 bits per heavy atom. The van der Waals surface area contributed by atoms with Crippen LogP contribution in [0.25, 0.3) is 0 Å². The molecule has 0 N–H and O–H groups in total. The second-order valence-electron chi connectivity index (χ2n) is 4.04. The zero-order chi connectivity index (χ0) is 12.7. The summed E-state index contributed by atoms with van der Waals surface area (Å²) in [4.78, 5) is 11.8. The van der Waals surface area contributed by atoms with Gasteiger partial charge in [0.1, 0.15) is 0 Å². The molecule has 0 spiro atoms. The minimum atomic E-state index is -0.104. The predicted molar refractivity (Wildman–Crippen MR) is 68.3 cm³/mol. The molecule has 0 radical (unpaired) electrons. The Morgan fingerprint density at radius 3 is 2.65 bits per heavy atom. The average molecular weight is 309 g/mol. The van der Waals surface area contributed by atoms with Crippen molar-refractivity contribution < 1.29 is 19.0 Å². The van der Waals surface area contributed by atoms with Crippen molar-refractivity contribution in [3.05, 3.63) is 0 Å². The van der Waals surface area contributed by atoms with Crippen LogP contribution in [-0.4, -0.2) is 43.3 Å². The van der Waals surface area contributed by atoms with E-state index in [0.717, 1.165) is 12.8 Å². The maximum Gasteiger partial charge on any atom is 0.309 e. The molecular weight excluding hydrogens is 288 g/mol. The van der Waals surface area contributed by atoms with E-state index in [1.165, 1.54) is 0 Å². The topological polar surface area (TPSA) is 44.8 Å². The van der Waals surface area contributed by atoms with Gasteiger partial charge in [-0.25, -0.2) is 0 Å². The summed E-state index contributed by atoms with van der Waals surface area (Å²) >= 11 is 3.56. The lowest BCUT2D eigenvalue weighted by Crippen LogP contribution is -2.21. The van der Waals surface area contributed by atoms with Crippen LogP contribution in [0, 0.1) is 5.92 Å². The molecule has 0 aromatic heterocycles. The van der Waals surface area contributed by atoms with Crippen LogP contribution in [0.2, 0.25) is 0 Å². The molecule has 0 amide bonds. The van der Waals surface area contributed by atoms with Gasteiger partial charge in [-0.05, 0) is 26.7 Å².